The number of aryl methyl sites for hydroxylation is 3. The van der Waals surface area contributed by atoms with E-state index in [9.17, 15) is 14.7 Å². The van der Waals surface area contributed by atoms with Gasteiger partial charge in [0.25, 0.3) is 5.91 Å². The van der Waals surface area contributed by atoms with E-state index in [-0.39, 0.29) is 19.0 Å². The van der Waals surface area contributed by atoms with Crippen LogP contribution >= 0.6 is 0 Å². The number of carbonyl (C=O) groups is 2. The number of aliphatic carboxylic acids is 1. The van der Waals surface area contributed by atoms with Gasteiger partial charge in [-0.3, -0.25) is 4.79 Å². The third-order valence-corrected chi connectivity index (χ3v) is 5.20. The molecular formula is C18H20N4O3. The van der Waals surface area contributed by atoms with Crippen molar-refractivity contribution < 1.29 is 14.7 Å². The van der Waals surface area contributed by atoms with Crippen molar-refractivity contribution in [2.24, 2.45) is 0 Å². The lowest BCUT2D eigenvalue weighted by Crippen LogP contribution is -2.50. The van der Waals surface area contributed by atoms with Crippen molar-refractivity contribution >= 4 is 11.9 Å². The van der Waals surface area contributed by atoms with Crippen molar-refractivity contribution in [3.8, 4) is 0 Å². The lowest BCUT2D eigenvalue weighted by molar-refractivity contribution is -0.143. The van der Waals surface area contributed by atoms with Gasteiger partial charge in [0.15, 0.2) is 5.82 Å². The van der Waals surface area contributed by atoms with Crippen LogP contribution in [0.2, 0.25) is 0 Å². The van der Waals surface area contributed by atoms with E-state index in [1.54, 1.807) is 11.5 Å². The summed E-state index contributed by atoms with van der Waals surface area (Å²) in [4.78, 5) is 26.1. The molecule has 0 fully saturated rings. The van der Waals surface area contributed by atoms with Gasteiger partial charge in [-0.15, -0.1) is 10.2 Å². The molecule has 0 radical (unpaired) electrons. The number of aromatic nitrogens is 3. The summed E-state index contributed by atoms with van der Waals surface area (Å²) < 4.78 is 1.77. The number of hydrogen-bond donors (Lipinski definition) is 1. The molecule has 2 aromatic rings. The Labute approximate surface area is 145 Å². The first-order valence-electron chi connectivity index (χ1n) is 8.59. The second-order valence-corrected chi connectivity index (χ2v) is 6.75. The second kappa shape index (κ2) is 5.98. The first kappa shape index (κ1) is 15.8. The van der Waals surface area contributed by atoms with E-state index in [1.165, 1.54) is 22.4 Å². The summed E-state index contributed by atoms with van der Waals surface area (Å²) in [6.07, 6.45) is 4.34. The number of fused-ring (bicyclic) bond motifs is 2. The van der Waals surface area contributed by atoms with Crippen LogP contribution in [0.1, 0.15) is 46.0 Å². The number of nitrogens with zero attached hydrogens (tertiary/aromatic N) is 4. The number of carboxylic acid groups (broad SMARTS) is 1. The van der Waals surface area contributed by atoms with Crippen molar-refractivity contribution in [1.29, 1.82) is 0 Å². The molecule has 0 saturated heterocycles. The Balaban J connectivity index is 1.67. The Bertz CT molecular complexity index is 858. The van der Waals surface area contributed by atoms with Crippen LogP contribution in [0.3, 0.4) is 0 Å². The molecule has 1 aliphatic carbocycles. The normalized spacial score (nSPS) is 19.2. The quantitative estimate of drug-likeness (QED) is 0.896. The number of hydrogen-bond acceptors (Lipinski definition) is 4. The van der Waals surface area contributed by atoms with Gasteiger partial charge in [0.05, 0.1) is 13.1 Å². The fourth-order valence-corrected chi connectivity index (χ4v) is 3.77. The fraction of sp³-hybridized carbons (Fsp3) is 0.444. The van der Waals surface area contributed by atoms with E-state index < -0.39 is 12.0 Å². The molecule has 0 saturated carbocycles. The predicted octanol–water partition coefficient (Wildman–Crippen LogP) is 1.57. The minimum atomic E-state index is -1.01. The number of carboxylic acids is 1. The molecule has 2 heterocycles. The van der Waals surface area contributed by atoms with E-state index in [0.717, 1.165) is 19.3 Å². The maximum absolute atomic E-state index is 13.0. The van der Waals surface area contributed by atoms with Crippen molar-refractivity contribution in [3.05, 3.63) is 46.5 Å². The summed E-state index contributed by atoms with van der Waals surface area (Å²) in [5.74, 6) is 0.0289. The smallest absolute Gasteiger partial charge is 0.328 e. The topological polar surface area (TPSA) is 88.3 Å². The maximum Gasteiger partial charge on any atom is 0.328 e. The average Bonchev–Trinajstić information content (AvgIpc) is 3.00. The second-order valence-electron chi connectivity index (χ2n) is 6.75. The molecule has 7 nitrogen and oxygen atoms in total. The van der Waals surface area contributed by atoms with Crippen LogP contribution in [0, 0.1) is 6.92 Å². The molecule has 1 aliphatic heterocycles. The summed E-state index contributed by atoms with van der Waals surface area (Å²) in [5, 5.41) is 17.7. The van der Waals surface area contributed by atoms with Crippen molar-refractivity contribution in [3.63, 3.8) is 0 Å². The van der Waals surface area contributed by atoms with E-state index in [2.05, 4.69) is 10.2 Å². The summed E-state index contributed by atoms with van der Waals surface area (Å²) >= 11 is 0. The zero-order chi connectivity index (χ0) is 17.6. The molecule has 130 valence electrons. The highest BCUT2D eigenvalue weighted by atomic mass is 16.4. The third kappa shape index (κ3) is 2.69. The monoisotopic (exact) mass is 340 g/mol. The minimum absolute atomic E-state index is 0.160. The predicted molar refractivity (Wildman–Crippen MR) is 89.1 cm³/mol. The van der Waals surface area contributed by atoms with Crippen LogP contribution < -0.4 is 0 Å². The number of benzene rings is 1. The van der Waals surface area contributed by atoms with Gasteiger partial charge in [-0.2, -0.15) is 0 Å². The SMILES string of the molecule is Cc1nnc2n1CC(C(=O)O)N(C(=O)c1ccc3c(c1)CCCC3)C2. The van der Waals surface area contributed by atoms with Gasteiger partial charge in [-0.25, -0.2) is 4.79 Å². The van der Waals surface area contributed by atoms with Crippen LogP contribution in [0.15, 0.2) is 18.2 Å². The van der Waals surface area contributed by atoms with Crippen LogP contribution in [0.4, 0.5) is 0 Å². The number of amides is 1. The van der Waals surface area contributed by atoms with Gasteiger partial charge in [0.2, 0.25) is 0 Å². The maximum atomic E-state index is 13.0. The molecule has 1 aromatic heterocycles. The molecule has 1 aromatic carbocycles. The van der Waals surface area contributed by atoms with E-state index in [4.69, 9.17) is 0 Å². The van der Waals surface area contributed by atoms with Gasteiger partial charge in [0, 0.05) is 5.56 Å². The third-order valence-electron chi connectivity index (χ3n) is 5.20. The molecule has 1 N–H and O–H groups in total. The summed E-state index contributed by atoms with van der Waals surface area (Å²) in [6, 6.07) is 4.84. The Morgan fingerprint density at radius 1 is 1.16 bits per heavy atom. The highest BCUT2D eigenvalue weighted by Gasteiger charge is 2.36. The van der Waals surface area contributed by atoms with Crippen LogP contribution in [-0.4, -0.2) is 42.7 Å². The van der Waals surface area contributed by atoms with E-state index in [1.807, 2.05) is 18.2 Å². The van der Waals surface area contributed by atoms with Crippen molar-refractivity contribution in [2.45, 2.75) is 51.7 Å². The molecule has 7 heteroatoms. The standard InChI is InChI=1S/C18H20N4O3/c1-11-19-20-16-10-22(15(18(24)25)9-21(11)16)17(23)14-7-6-12-4-2-3-5-13(12)8-14/h6-8,15H,2-5,9-10H2,1H3,(H,24,25). The number of carbonyl (C=O) groups excluding carboxylic acids is 1. The first-order valence-corrected chi connectivity index (χ1v) is 8.59. The first-order chi connectivity index (χ1) is 12.0. The Morgan fingerprint density at radius 3 is 2.68 bits per heavy atom. The highest BCUT2D eigenvalue weighted by Crippen LogP contribution is 2.25. The molecule has 0 spiro atoms. The van der Waals surface area contributed by atoms with Gasteiger partial charge < -0.3 is 14.6 Å². The zero-order valence-electron chi connectivity index (χ0n) is 14.1. The van der Waals surface area contributed by atoms with Gasteiger partial charge in [-0.05, 0) is 55.9 Å². The number of rotatable bonds is 2. The molecule has 0 bridgehead atoms. The van der Waals surface area contributed by atoms with Crippen molar-refractivity contribution in [1.82, 2.24) is 19.7 Å². The Morgan fingerprint density at radius 2 is 1.92 bits per heavy atom. The van der Waals surface area contributed by atoms with Crippen LogP contribution in [0.5, 0.6) is 0 Å². The van der Waals surface area contributed by atoms with Crippen LogP contribution in [0.25, 0.3) is 0 Å². The zero-order valence-corrected chi connectivity index (χ0v) is 14.1. The summed E-state index contributed by atoms with van der Waals surface area (Å²) in [7, 11) is 0. The molecule has 1 amide bonds. The molecule has 1 atom stereocenters. The van der Waals surface area contributed by atoms with Gasteiger partial charge >= 0.3 is 5.97 Å². The van der Waals surface area contributed by atoms with Gasteiger partial charge in [-0.1, -0.05) is 6.07 Å². The largest absolute Gasteiger partial charge is 0.480 e. The fourth-order valence-electron chi connectivity index (χ4n) is 3.77. The van der Waals surface area contributed by atoms with Gasteiger partial charge in [0.1, 0.15) is 11.9 Å². The summed E-state index contributed by atoms with van der Waals surface area (Å²) in [5.41, 5.74) is 3.06. The van der Waals surface area contributed by atoms with Crippen molar-refractivity contribution in [2.75, 3.05) is 0 Å². The lowest BCUT2D eigenvalue weighted by atomic mass is 9.90. The molecule has 1 unspecified atom stereocenters. The van der Waals surface area contributed by atoms with E-state index >= 15 is 0 Å². The Kier molecular flexibility index (Phi) is 3.78. The van der Waals surface area contributed by atoms with E-state index in [0.29, 0.717) is 17.2 Å². The average molecular weight is 340 g/mol. The molecule has 2 aliphatic rings. The molecular weight excluding hydrogens is 320 g/mol. The Hall–Kier alpha value is -2.70. The highest BCUT2D eigenvalue weighted by molar-refractivity contribution is 5.97. The molecule has 4 rings (SSSR count). The lowest BCUT2D eigenvalue weighted by Gasteiger charge is -2.33. The molecule has 25 heavy (non-hydrogen) atoms. The van der Waals surface area contributed by atoms with Crippen LogP contribution in [-0.2, 0) is 30.7 Å². The minimum Gasteiger partial charge on any atom is -0.480 e. The summed E-state index contributed by atoms with van der Waals surface area (Å²) in [6.45, 7) is 2.13.